The highest BCUT2D eigenvalue weighted by atomic mass is 16.7. The molecular weight excluding hydrogens is 142 g/mol. The van der Waals surface area contributed by atoms with Crippen molar-refractivity contribution >= 4 is 5.97 Å². The highest BCUT2D eigenvalue weighted by Gasteiger charge is 2.14. The summed E-state index contributed by atoms with van der Waals surface area (Å²) in [5.74, 6) is -0.238. The summed E-state index contributed by atoms with van der Waals surface area (Å²) in [5, 5.41) is 1.69. The molecule has 0 aliphatic carbocycles. The SMILES string of the molecule is C=C1CCN(OC(C)=O)CC1. The van der Waals surface area contributed by atoms with E-state index < -0.39 is 0 Å². The zero-order valence-corrected chi connectivity index (χ0v) is 6.80. The molecule has 1 fully saturated rings. The summed E-state index contributed by atoms with van der Waals surface area (Å²) in [6, 6.07) is 0. The standard InChI is InChI=1S/C8H13NO2/c1-7-3-5-9(6-4-7)11-8(2)10/h1,3-6H2,2H3. The molecule has 0 aromatic carbocycles. The molecule has 1 rings (SSSR count). The lowest BCUT2D eigenvalue weighted by Crippen LogP contribution is -2.32. The fraction of sp³-hybridized carbons (Fsp3) is 0.625. The molecule has 1 aliphatic rings. The average Bonchev–Trinajstić information content (AvgIpc) is 1.93. The van der Waals surface area contributed by atoms with E-state index in [4.69, 9.17) is 4.84 Å². The van der Waals surface area contributed by atoms with Gasteiger partial charge in [-0.15, -0.1) is 5.06 Å². The van der Waals surface area contributed by atoms with Crippen LogP contribution in [0.2, 0.25) is 0 Å². The molecule has 0 radical (unpaired) electrons. The Morgan fingerprint density at radius 2 is 2.09 bits per heavy atom. The van der Waals surface area contributed by atoms with Crippen molar-refractivity contribution < 1.29 is 9.63 Å². The Morgan fingerprint density at radius 3 is 2.55 bits per heavy atom. The lowest BCUT2D eigenvalue weighted by Gasteiger charge is -2.25. The Kier molecular flexibility index (Phi) is 2.65. The van der Waals surface area contributed by atoms with Gasteiger partial charge < -0.3 is 4.84 Å². The van der Waals surface area contributed by atoms with Gasteiger partial charge in [0.1, 0.15) is 0 Å². The maximum absolute atomic E-state index is 10.5. The third kappa shape index (κ3) is 2.72. The van der Waals surface area contributed by atoms with Crippen LogP contribution < -0.4 is 0 Å². The Morgan fingerprint density at radius 1 is 1.55 bits per heavy atom. The lowest BCUT2D eigenvalue weighted by atomic mass is 10.1. The van der Waals surface area contributed by atoms with Crippen LogP contribution in [0.15, 0.2) is 12.2 Å². The molecule has 0 aromatic heterocycles. The van der Waals surface area contributed by atoms with Gasteiger partial charge in [0.25, 0.3) is 0 Å². The van der Waals surface area contributed by atoms with Gasteiger partial charge in [-0.2, -0.15) is 0 Å². The van der Waals surface area contributed by atoms with E-state index in [0.29, 0.717) is 0 Å². The van der Waals surface area contributed by atoms with Gasteiger partial charge in [0.05, 0.1) is 0 Å². The van der Waals surface area contributed by atoms with E-state index >= 15 is 0 Å². The first-order valence-electron chi connectivity index (χ1n) is 3.78. The van der Waals surface area contributed by atoms with E-state index in [9.17, 15) is 4.79 Å². The van der Waals surface area contributed by atoms with Crippen LogP contribution in [-0.2, 0) is 9.63 Å². The highest BCUT2D eigenvalue weighted by molar-refractivity contribution is 5.65. The molecule has 0 bridgehead atoms. The molecule has 0 spiro atoms. The van der Waals surface area contributed by atoms with E-state index in [1.54, 1.807) is 5.06 Å². The van der Waals surface area contributed by atoms with Crippen molar-refractivity contribution in [3.63, 3.8) is 0 Å². The Labute approximate surface area is 66.6 Å². The van der Waals surface area contributed by atoms with Crippen LogP contribution in [0.25, 0.3) is 0 Å². The van der Waals surface area contributed by atoms with Crippen LogP contribution in [0.3, 0.4) is 0 Å². The van der Waals surface area contributed by atoms with Crippen molar-refractivity contribution in [3.8, 4) is 0 Å². The zero-order valence-electron chi connectivity index (χ0n) is 6.80. The second-order valence-electron chi connectivity index (χ2n) is 2.76. The number of hydrogen-bond donors (Lipinski definition) is 0. The van der Waals surface area contributed by atoms with Gasteiger partial charge in [-0.1, -0.05) is 12.2 Å². The second kappa shape index (κ2) is 3.53. The van der Waals surface area contributed by atoms with Crippen molar-refractivity contribution in [2.24, 2.45) is 0 Å². The van der Waals surface area contributed by atoms with Crippen molar-refractivity contribution in [1.29, 1.82) is 0 Å². The van der Waals surface area contributed by atoms with Gasteiger partial charge in [0.2, 0.25) is 0 Å². The summed E-state index contributed by atoms with van der Waals surface area (Å²) in [7, 11) is 0. The number of rotatable bonds is 1. The minimum Gasteiger partial charge on any atom is -0.368 e. The largest absolute Gasteiger partial charge is 0.368 e. The highest BCUT2D eigenvalue weighted by Crippen LogP contribution is 2.13. The van der Waals surface area contributed by atoms with E-state index in [1.807, 2.05) is 0 Å². The predicted molar refractivity (Wildman–Crippen MR) is 41.7 cm³/mol. The van der Waals surface area contributed by atoms with Gasteiger partial charge in [-0.3, -0.25) is 4.79 Å². The van der Waals surface area contributed by atoms with Crippen LogP contribution in [0.1, 0.15) is 19.8 Å². The molecule has 3 heteroatoms. The zero-order chi connectivity index (χ0) is 8.27. The van der Waals surface area contributed by atoms with Gasteiger partial charge in [-0.25, -0.2) is 0 Å². The monoisotopic (exact) mass is 155 g/mol. The number of carbonyl (C=O) groups is 1. The molecule has 1 heterocycles. The maximum atomic E-state index is 10.5. The van der Waals surface area contributed by atoms with Crippen LogP contribution in [0.5, 0.6) is 0 Å². The Balaban J connectivity index is 2.28. The van der Waals surface area contributed by atoms with Crippen LogP contribution in [-0.4, -0.2) is 24.1 Å². The maximum Gasteiger partial charge on any atom is 0.322 e. The first-order valence-corrected chi connectivity index (χ1v) is 3.78. The fourth-order valence-electron chi connectivity index (χ4n) is 1.08. The summed E-state index contributed by atoms with van der Waals surface area (Å²) in [4.78, 5) is 15.4. The predicted octanol–water partition coefficient (Wildman–Crippen LogP) is 1.12. The molecule has 0 N–H and O–H groups in total. The van der Waals surface area contributed by atoms with E-state index in [2.05, 4.69) is 6.58 Å². The van der Waals surface area contributed by atoms with Crippen molar-refractivity contribution in [2.75, 3.05) is 13.1 Å². The first-order chi connectivity index (χ1) is 5.18. The summed E-state index contributed by atoms with van der Waals surface area (Å²) >= 11 is 0. The molecule has 0 amide bonds. The molecule has 0 unspecified atom stereocenters. The molecule has 0 aromatic rings. The Bertz CT molecular complexity index is 167. The van der Waals surface area contributed by atoms with Crippen LogP contribution >= 0.6 is 0 Å². The summed E-state index contributed by atoms with van der Waals surface area (Å²) in [6.07, 6.45) is 1.88. The molecule has 0 atom stereocenters. The quantitative estimate of drug-likeness (QED) is 0.531. The molecule has 0 saturated carbocycles. The van der Waals surface area contributed by atoms with Gasteiger partial charge in [-0.05, 0) is 12.8 Å². The van der Waals surface area contributed by atoms with Crippen LogP contribution in [0, 0.1) is 0 Å². The van der Waals surface area contributed by atoms with Crippen molar-refractivity contribution in [3.05, 3.63) is 12.2 Å². The number of hydrogen-bond acceptors (Lipinski definition) is 3. The van der Waals surface area contributed by atoms with E-state index in [-0.39, 0.29) is 5.97 Å². The molecular formula is C8H13NO2. The third-order valence-corrected chi connectivity index (χ3v) is 1.69. The molecule has 1 saturated heterocycles. The lowest BCUT2D eigenvalue weighted by molar-refractivity contribution is -0.189. The minimum atomic E-state index is -0.238. The van der Waals surface area contributed by atoms with Crippen molar-refractivity contribution in [2.45, 2.75) is 19.8 Å². The fourth-order valence-corrected chi connectivity index (χ4v) is 1.08. The smallest absolute Gasteiger partial charge is 0.322 e. The van der Waals surface area contributed by atoms with Gasteiger partial charge in [0.15, 0.2) is 0 Å². The van der Waals surface area contributed by atoms with Gasteiger partial charge >= 0.3 is 5.97 Å². The Hall–Kier alpha value is -0.830. The number of piperidine rings is 1. The van der Waals surface area contributed by atoms with Gasteiger partial charge in [0, 0.05) is 20.0 Å². The summed E-state index contributed by atoms with van der Waals surface area (Å²) in [5.41, 5.74) is 1.24. The van der Waals surface area contributed by atoms with Crippen molar-refractivity contribution in [1.82, 2.24) is 5.06 Å². The normalized spacial score (nSPS) is 19.9. The number of carbonyl (C=O) groups excluding carboxylic acids is 1. The second-order valence-corrected chi connectivity index (χ2v) is 2.76. The van der Waals surface area contributed by atoms with Crippen LogP contribution in [0.4, 0.5) is 0 Å². The minimum absolute atomic E-state index is 0.238. The summed E-state index contributed by atoms with van der Waals surface area (Å²) in [6.45, 7) is 6.86. The topological polar surface area (TPSA) is 29.5 Å². The first kappa shape index (κ1) is 8.27. The number of hydroxylamine groups is 2. The summed E-state index contributed by atoms with van der Waals surface area (Å²) < 4.78 is 0. The third-order valence-electron chi connectivity index (χ3n) is 1.69. The average molecular weight is 155 g/mol. The van der Waals surface area contributed by atoms with E-state index in [0.717, 1.165) is 25.9 Å². The molecule has 3 nitrogen and oxygen atoms in total. The molecule has 11 heavy (non-hydrogen) atoms. The molecule has 62 valence electrons. The van der Waals surface area contributed by atoms with E-state index in [1.165, 1.54) is 12.5 Å². The molecule has 1 aliphatic heterocycles. The number of nitrogens with zero attached hydrogens (tertiary/aromatic N) is 1.